The van der Waals surface area contributed by atoms with Crippen molar-refractivity contribution in [2.45, 2.75) is 26.7 Å². The fourth-order valence-electron chi connectivity index (χ4n) is 2.82. The van der Waals surface area contributed by atoms with Gasteiger partial charge in [-0.05, 0) is 42.8 Å². The van der Waals surface area contributed by atoms with E-state index in [1.807, 2.05) is 0 Å². The summed E-state index contributed by atoms with van der Waals surface area (Å²) in [6.07, 6.45) is 0. The Balaban J connectivity index is 2.01. The molecule has 7 nitrogen and oxygen atoms in total. The number of hydrogen-bond donors (Lipinski definition) is 1. The number of carbonyl (C=O) groups is 4. The van der Waals surface area contributed by atoms with Crippen LogP contribution in [0.2, 0.25) is 5.02 Å². The van der Waals surface area contributed by atoms with Gasteiger partial charge in [0.05, 0.1) is 5.69 Å². The summed E-state index contributed by atoms with van der Waals surface area (Å²) in [6, 6.07) is 6.60. The van der Waals surface area contributed by atoms with Gasteiger partial charge < -0.3 is 4.42 Å². The molecule has 1 unspecified atom stereocenters. The Morgan fingerprint density at radius 3 is 2.48 bits per heavy atom. The zero-order chi connectivity index (χ0) is 19.9. The largest absolute Gasteiger partial charge is 0.458 e. The topological polar surface area (TPSA) is 96.7 Å². The standard InChI is InChI=1S/C19H17ClN2O5/c1-9(2)17(24)21-19(26)22-13-6-5-11(20)8-12(13)15(18(22)25)16(23)14-7-4-10(3)27-14/h4-9,15H,1-3H3,(H,21,24,26). The minimum atomic E-state index is -1.27. The number of ketones is 1. The van der Waals surface area contributed by atoms with E-state index in [9.17, 15) is 19.2 Å². The number of nitrogens with one attached hydrogen (secondary N) is 1. The van der Waals surface area contributed by atoms with Gasteiger partial charge in [0.1, 0.15) is 11.7 Å². The molecule has 1 aromatic heterocycles. The predicted molar refractivity (Wildman–Crippen MR) is 97.8 cm³/mol. The molecule has 1 N–H and O–H groups in total. The highest BCUT2D eigenvalue weighted by Crippen LogP contribution is 2.40. The number of amides is 4. The molecule has 2 aromatic rings. The quantitative estimate of drug-likeness (QED) is 0.641. The fraction of sp³-hybridized carbons (Fsp3) is 0.263. The molecule has 2 heterocycles. The molecule has 0 saturated heterocycles. The zero-order valence-corrected chi connectivity index (χ0v) is 15.7. The van der Waals surface area contributed by atoms with E-state index >= 15 is 0 Å². The molecule has 140 valence electrons. The predicted octanol–water partition coefficient (Wildman–Crippen LogP) is 3.45. The molecule has 3 rings (SSSR count). The third-order valence-corrected chi connectivity index (χ3v) is 4.45. The summed E-state index contributed by atoms with van der Waals surface area (Å²) in [7, 11) is 0. The highest BCUT2D eigenvalue weighted by atomic mass is 35.5. The van der Waals surface area contributed by atoms with Crippen LogP contribution in [0.5, 0.6) is 0 Å². The Labute approximate surface area is 160 Å². The summed E-state index contributed by atoms with van der Waals surface area (Å²) in [6.45, 7) is 4.91. The van der Waals surface area contributed by atoms with Crippen LogP contribution in [0, 0.1) is 12.8 Å². The summed E-state index contributed by atoms with van der Waals surface area (Å²) >= 11 is 6.03. The maximum atomic E-state index is 12.9. The number of anilines is 1. The van der Waals surface area contributed by atoms with Gasteiger partial charge in [-0.1, -0.05) is 25.4 Å². The highest BCUT2D eigenvalue weighted by molar-refractivity contribution is 6.33. The summed E-state index contributed by atoms with van der Waals surface area (Å²) in [4.78, 5) is 51.0. The third kappa shape index (κ3) is 3.38. The van der Waals surface area contributed by atoms with E-state index in [0.717, 1.165) is 4.90 Å². The minimum absolute atomic E-state index is 0.0114. The molecule has 1 atom stereocenters. The van der Waals surface area contributed by atoms with Crippen LogP contribution < -0.4 is 10.2 Å². The van der Waals surface area contributed by atoms with Gasteiger partial charge >= 0.3 is 6.03 Å². The normalized spacial score (nSPS) is 15.8. The first kappa shape index (κ1) is 18.8. The fourth-order valence-corrected chi connectivity index (χ4v) is 3.00. The number of aryl methyl sites for hydroxylation is 1. The molecule has 1 aliphatic rings. The summed E-state index contributed by atoms with van der Waals surface area (Å²) in [5.41, 5.74) is 0.499. The molecule has 0 bridgehead atoms. The molecule has 0 aliphatic carbocycles. The lowest BCUT2D eigenvalue weighted by molar-refractivity contribution is -0.122. The van der Waals surface area contributed by atoms with Crippen molar-refractivity contribution in [3.05, 3.63) is 52.4 Å². The van der Waals surface area contributed by atoms with Crippen LogP contribution in [0.4, 0.5) is 10.5 Å². The molecule has 1 aliphatic heterocycles. The van der Waals surface area contributed by atoms with Crippen molar-refractivity contribution in [3.8, 4) is 0 Å². The second-order valence-electron chi connectivity index (χ2n) is 6.53. The molecule has 27 heavy (non-hydrogen) atoms. The summed E-state index contributed by atoms with van der Waals surface area (Å²) in [5.74, 6) is -3.06. The number of nitrogens with zero attached hydrogens (tertiary/aromatic N) is 1. The van der Waals surface area contributed by atoms with Crippen LogP contribution in [0.15, 0.2) is 34.7 Å². The second-order valence-corrected chi connectivity index (χ2v) is 6.97. The number of carbonyl (C=O) groups excluding carboxylic acids is 4. The van der Waals surface area contributed by atoms with Gasteiger partial charge in [0.25, 0.3) is 5.91 Å². The van der Waals surface area contributed by atoms with Crippen molar-refractivity contribution in [2.75, 3.05) is 4.90 Å². The Kier molecular flexibility index (Phi) is 4.89. The lowest BCUT2D eigenvalue weighted by atomic mass is 9.95. The Morgan fingerprint density at radius 2 is 1.89 bits per heavy atom. The maximum Gasteiger partial charge on any atom is 0.335 e. The van der Waals surface area contributed by atoms with E-state index in [1.54, 1.807) is 26.8 Å². The Bertz CT molecular complexity index is 963. The van der Waals surface area contributed by atoms with E-state index in [0.29, 0.717) is 16.3 Å². The SMILES string of the molecule is Cc1ccc(C(=O)C2C(=O)N(C(=O)NC(=O)C(C)C)c3ccc(Cl)cc32)o1. The van der Waals surface area contributed by atoms with E-state index in [-0.39, 0.29) is 11.4 Å². The van der Waals surface area contributed by atoms with Crippen LogP contribution >= 0.6 is 11.6 Å². The average molecular weight is 389 g/mol. The van der Waals surface area contributed by atoms with Gasteiger partial charge in [-0.25, -0.2) is 9.69 Å². The molecule has 4 amide bonds. The van der Waals surface area contributed by atoms with Gasteiger partial charge in [0, 0.05) is 10.9 Å². The molecule has 0 radical (unpaired) electrons. The van der Waals surface area contributed by atoms with E-state index in [2.05, 4.69) is 5.32 Å². The average Bonchev–Trinajstić information content (AvgIpc) is 3.14. The summed E-state index contributed by atoms with van der Waals surface area (Å²) < 4.78 is 5.34. The third-order valence-electron chi connectivity index (χ3n) is 4.21. The van der Waals surface area contributed by atoms with Crippen LogP contribution in [0.1, 0.15) is 41.6 Å². The number of halogens is 1. The van der Waals surface area contributed by atoms with E-state index in [4.69, 9.17) is 16.0 Å². The van der Waals surface area contributed by atoms with Crippen LogP contribution in [-0.2, 0) is 9.59 Å². The molecule has 1 aromatic carbocycles. The number of benzene rings is 1. The van der Waals surface area contributed by atoms with Gasteiger partial charge in [-0.2, -0.15) is 0 Å². The van der Waals surface area contributed by atoms with Crippen molar-refractivity contribution in [1.82, 2.24) is 5.32 Å². The number of urea groups is 1. The van der Waals surface area contributed by atoms with Crippen molar-refractivity contribution in [2.24, 2.45) is 5.92 Å². The number of furan rings is 1. The van der Waals surface area contributed by atoms with Crippen molar-refractivity contribution < 1.29 is 23.6 Å². The van der Waals surface area contributed by atoms with Gasteiger partial charge in [0.2, 0.25) is 11.7 Å². The Morgan fingerprint density at radius 1 is 1.19 bits per heavy atom. The Hall–Kier alpha value is -2.93. The van der Waals surface area contributed by atoms with Gasteiger partial charge in [0.15, 0.2) is 5.76 Å². The maximum absolute atomic E-state index is 12.9. The smallest absolute Gasteiger partial charge is 0.335 e. The van der Waals surface area contributed by atoms with Crippen molar-refractivity contribution in [3.63, 3.8) is 0 Å². The second kappa shape index (κ2) is 7.00. The number of imide groups is 2. The number of hydrogen-bond acceptors (Lipinski definition) is 5. The first-order valence-corrected chi connectivity index (χ1v) is 8.67. The van der Waals surface area contributed by atoms with Crippen molar-refractivity contribution in [1.29, 1.82) is 0 Å². The van der Waals surface area contributed by atoms with Gasteiger partial charge in [-0.3, -0.25) is 19.7 Å². The lowest BCUT2D eigenvalue weighted by Crippen LogP contribution is -2.46. The lowest BCUT2D eigenvalue weighted by Gasteiger charge is -2.17. The first-order valence-electron chi connectivity index (χ1n) is 8.29. The monoisotopic (exact) mass is 388 g/mol. The number of rotatable bonds is 3. The molecule has 0 spiro atoms. The van der Waals surface area contributed by atoms with Crippen LogP contribution in [0.3, 0.4) is 0 Å². The highest BCUT2D eigenvalue weighted by Gasteiger charge is 2.46. The summed E-state index contributed by atoms with van der Waals surface area (Å²) in [5, 5.41) is 2.49. The number of fused-ring (bicyclic) bond motifs is 1. The van der Waals surface area contributed by atoms with E-state index < -0.39 is 35.5 Å². The van der Waals surface area contributed by atoms with Gasteiger partial charge in [-0.15, -0.1) is 0 Å². The van der Waals surface area contributed by atoms with Crippen molar-refractivity contribution >= 4 is 40.9 Å². The molecule has 8 heteroatoms. The molecule has 0 fully saturated rings. The van der Waals surface area contributed by atoms with Crippen LogP contribution in [0.25, 0.3) is 0 Å². The molecule has 0 saturated carbocycles. The molecular weight excluding hydrogens is 372 g/mol. The van der Waals surface area contributed by atoms with E-state index in [1.165, 1.54) is 24.3 Å². The zero-order valence-electron chi connectivity index (χ0n) is 14.9. The first-order chi connectivity index (χ1) is 12.7. The number of Topliss-reactive ketones (excluding diaryl/α,β-unsaturated/α-hetero) is 1. The minimum Gasteiger partial charge on any atom is -0.458 e. The van der Waals surface area contributed by atoms with Crippen LogP contribution in [-0.4, -0.2) is 23.6 Å². The molecular formula is C19H17ClN2O5.